The average Bonchev–Trinajstić information content (AvgIpc) is 2.41. The van der Waals surface area contributed by atoms with Crippen molar-refractivity contribution in [3.8, 4) is 0 Å². The maximum Gasteiger partial charge on any atom is 0.264 e. The summed E-state index contributed by atoms with van der Waals surface area (Å²) in [6.45, 7) is -0.00602. The number of nitrogens with one attached hydrogen (secondary N) is 1. The zero-order valence-electron chi connectivity index (χ0n) is 9.75. The number of rotatable bonds is 4. The van der Waals surface area contributed by atoms with E-state index in [2.05, 4.69) is 14.7 Å². The van der Waals surface area contributed by atoms with Gasteiger partial charge in [0, 0.05) is 12.7 Å². The standard InChI is InChI=1S/C11H11FN4O2S/c12-8-3-4-11(15-7-8)16-19(17,18)10-2-1-5-14-9(10)6-13/h1-5,7H,6,13H2,(H,15,16). The first kappa shape index (κ1) is 13.4. The molecule has 0 spiro atoms. The first-order valence-electron chi connectivity index (χ1n) is 5.31. The topological polar surface area (TPSA) is 98.0 Å². The highest BCUT2D eigenvalue weighted by atomic mass is 32.2. The molecule has 0 aliphatic rings. The molecule has 2 rings (SSSR count). The zero-order valence-corrected chi connectivity index (χ0v) is 10.6. The molecular formula is C11H11FN4O2S. The quantitative estimate of drug-likeness (QED) is 0.867. The van der Waals surface area contributed by atoms with Crippen molar-refractivity contribution in [1.82, 2.24) is 9.97 Å². The number of nitrogens with zero attached hydrogens (tertiary/aromatic N) is 2. The summed E-state index contributed by atoms with van der Waals surface area (Å²) in [4.78, 5) is 7.50. The lowest BCUT2D eigenvalue weighted by molar-refractivity contribution is 0.598. The predicted molar refractivity (Wildman–Crippen MR) is 67.1 cm³/mol. The molecule has 0 fully saturated rings. The van der Waals surface area contributed by atoms with E-state index in [4.69, 9.17) is 5.73 Å². The summed E-state index contributed by atoms with van der Waals surface area (Å²) in [7, 11) is -3.85. The Hall–Kier alpha value is -2.06. The molecule has 0 atom stereocenters. The van der Waals surface area contributed by atoms with Gasteiger partial charge in [-0.15, -0.1) is 0 Å². The highest BCUT2D eigenvalue weighted by molar-refractivity contribution is 7.92. The van der Waals surface area contributed by atoms with Gasteiger partial charge in [0.25, 0.3) is 10.0 Å². The Morgan fingerprint density at radius 1 is 1.26 bits per heavy atom. The predicted octanol–water partition coefficient (Wildman–Crippen LogP) is 0.875. The molecule has 3 N–H and O–H groups in total. The molecule has 6 nitrogen and oxygen atoms in total. The number of hydrogen-bond acceptors (Lipinski definition) is 5. The van der Waals surface area contributed by atoms with Crippen LogP contribution in [0.15, 0.2) is 41.6 Å². The van der Waals surface area contributed by atoms with Crippen LogP contribution in [0.1, 0.15) is 5.69 Å². The lowest BCUT2D eigenvalue weighted by Gasteiger charge is -2.09. The van der Waals surface area contributed by atoms with Crippen LogP contribution in [0, 0.1) is 5.82 Å². The van der Waals surface area contributed by atoms with E-state index in [0.29, 0.717) is 0 Å². The zero-order chi connectivity index (χ0) is 13.9. The van der Waals surface area contributed by atoms with Gasteiger partial charge in [0.2, 0.25) is 0 Å². The van der Waals surface area contributed by atoms with Crippen LogP contribution in [-0.2, 0) is 16.6 Å². The van der Waals surface area contributed by atoms with Gasteiger partial charge in [0.1, 0.15) is 16.5 Å². The Morgan fingerprint density at radius 2 is 2.05 bits per heavy atom. The molecule has 0 unspecified atom stereocenters. The van der Waals surface area contributed by atoms with Gasteiger partial charge in [0.15, 0.2) is 0 Å². The molecule has 0 saturated carbocycles. The second-order valence-corrected chi connectivity index (χ2v) is 5.27. The SMILES string of the molecule is NCc1ncccc1S(=O)(=O)Nc1ccc(F)cn1. The van der Waals surface area contributed by atoms with Crippen LogP contribution in [-0.4, -0.2) is 18.4 Å². The molecule has 2 aromatic rings. The van der Waals surface area contributed by atoms with Gasteiger partial charge in [-0.05, 0) is 24.3 Å². The van der Waals surface area contributed by atoms with Crippen LogP contribution in [0.3, 0.4) is 0 Å². The van der Waals surface area contributed by atoms with Crippen molar-refractivity contribution in [1.29, 1.82) is 0 Å². The normalized spacial score (nSPS) is 11.3. The van der Waals surface area contributed by atoms with Gasteiger partial charge in [-0.3, -0.25) is 9.71 Å². The summed E-state index contributed by atoms with van der Waals surface area (Å²) >= 11 is 0. The third-order valence-electron chi connectivity index (χ3n) is 2.30. The summed E-state index contributed by atoms with van der Waals surface area (Å²) in [5, 5.41) is 0. The number of halogens is 1. The number of pyridine rings is 2. The van der Waals surface area contributed by atoms with Crippen LogP contribution in [0.2, 0.25) is 0 Å². The van der Waals surface area contributed by atoms with E-state index in [1.54, 1.807) is 0 Å². The molecule has 0 aliphatic carbocycles. The molecule has 0 aliphatic heterocycles. The molecule has 0 bridgehead atoms. The van der Waals surface area contributed by atoms with E-state index in [1.165, 1.54) is 24.4 Å². The lowest BCUT2D eigenvalue weighted by atomic mass is 10.3. The summed E-state index contributed by atoms with van der Waals surface area (Å²) < 4.78 is 39.2. The Morgan fingerprint density at radius 3 is 2.68 bits per heavy atom. The van der Waals surface area contributed by atoms with Gasteiger partial charge in [-0.25, -0.2) is 17.8 Å². The Bertz CT molecular complexity index is 673. The number of hydrogen-bond donors (Lipinski definition) is 2. The van der Waals surface area contributed by atoms with Crippen molar-refractivity contribution in [2.24, 2.45) is 5.73 Å². The Kier molecular flexibility index (Phi) is 3.72. The van der Waals surface area contributed by atoms with Crippen LogP contribution in [0.5, 0.6) is 0 Å². The number of anilines is 1. The molecule has 2 heterocycles. The minimum absolute atomic E-state index is 0.00602. The fourth-order valence-corrected chi connectivity index (χ4v) is 2.66. The van der Waals surface area contributed by atoms with E-state index in [-0.39, 0.29) is 23.0 Å². The van der Waals surface area contributed by atoms with Gasteiger partial charge >= 0.3 is 0 Å². The largest absolute Gasteiger partial charge is 0.325 e. The minimum atomic E-state index is -3.85. The van der Waals surface area contributed by atoms with Crippen LogP contribution < -0.4 is 10.5 Å². The summed E-state index contributed by atoms with van der Waals surface area (Å²) in [6, 6.07) is 5.22. The maximum atomic E-state index is 12.7. The monoisotopic (exact) mass is 282 g/mol. The molecule has 0 saturated heterocycles. The third kappa shape index (κ3) is 3.04. The second kappa shape index (κ2) is 5.29. The smallest absolute Gasteiger partial charge is 0.264 e. The molecule has 0 amide bonds. The van der Waals surface area contributed by atoms with E-state index < -0.39 is 15.8 Å². The van der Waals surface area contributed by atoms with Crippen molar-refractivity contribution in [3.63, 3.8) is 0 Å². The van der Waals surface area contributed by atoms with Crippen molar-refractivity contribution in [3.05, 3.63) is 48.2 Å². The van der Waals surface area contributed by atoms with E-state index >= 15 is 0 Å². The molecule has 8 heteroatoms. The third-order valence-corrected chi connectivity index (χ3v) is 3.73. The molecule has 0 aromatic carbocycles. The molecule has 2 aromatic heterocycles. The van der Waals surface area contributed by atoms with E-state index in [1.807, 2.05) is 0 Å². The van der Waals surface area contributed by atoms with Gasteiger partial charge < -0.3 is 5.73 Å². The van der Waals surface area contributed by atoms with Crippen molar-refractivity contribution in [2.75, 3.05) is 4.72 Å². The fraction of sp³-hybridized carbons (Fsp3) is 0.0909. The Labute approximate surface area is 109 Å². The Balaban J connectivity index is 2.35. The summed E-state index contributed by atoms with van der Waals surface area (Å²) in [5.74, 6) is -0.528. The van der Waals surface area contributed by atoms with E-state index in [9.17, 15) is 12.8 Å². The second-order valence-electron chi connectivity index (χ2n) is 3.62. The van der Waals surface area contributed by atoms with Crippen LogP contribution in [0.25, 0.3) is 0 Å². The average molecular weight is 282 g/mol. The summed E-state index contributed by atoms with van der Waals surface area (Å²) in [6.07, 6.45) is 2.38. The fourth-order valence-electron chi connectivity index (χ4n) is 1.45. The number of aromatic nitrogens is 2. The van der Waals surface area contributed by atoms with Gasteiger partial charge in [-0.1, -0.05) is 0 Å². The number of sulfonamides is 1. The molecule has 19 heavy (non-hydrogen) atoms. The van der Waals surface area contributed by atoms with Gasteiger partial charge in [0.05, 0.1) is 11.9 Å². The van der Waals surface area contributed by atoms with Crippen molar-refractivity contribution >= 4 is 15.8 Å². The summed E-state index contributed by atoms with van der Waals surface area (Å²) in [5.41, 5.74) is 5.69. The highest BCUT2D eigenvalue weighted by Crippen LogP contribution is 2.16. The highest BCUT2D eigenvalue weighted by Gasteiger charge is 2.19. The molecule has 100 valence electrons. The van der Waals surface area contributed by atoms with Crippen LogP contribution >= 0.6 is 0 Å². The van der Waals surface area contributed by atoms with Crippen molar-refractivity contribution in [2.45, 2.75) is 11.4 Å². The lowest BCUT2D eigenvalue weighted by Crippen LogP contribution is -2.17. The maximum absolute atomic E-state index is 12.7. The first-order valence-corrected chi connectivity index (χ1v) is 6.79. The van der Waals surface area contributed by atoms with Crippen LogP contribution in [0.4, 0.5) is 10.2 Å². The number of nitrogens with two attached hydrogens (primary N) is 1. The van der Waals surface area contributed by atoms with Gasteiger partial charge in [-0.2, -0.15) is 0 Å². The molecule has 0 radical (unpaired) electrons. The minimum Gasteiger partial charge on any atom is -0.325 e. The van der Waals surface area contributed by atoms with Crippen molar-refractivity contribution < 1.29 is 12.8 Å². The first-order chi connectivity index (χ1) is 9.03. The van der Waals surface area contributed by atoms with E-state index in [0.717, 1.165) is 12.3 Å². The molecular weight excluding hydrogens is 271 g/mol.